The summed E-state index contributed by atoms with van der Waals surface area (Å²) in [6.07, 6.45) is 1.25. The Balaban J connectivity index is 3.08. The number of aliphatic carboxylic acids is 1. The first-order chi connectivity index (χ1) is 9.57. The number of nitrogens with zero attached hydrogens (tertiary/aromatic N) is 2. The molecule has 1 aromatic heterocycles. The van der Waals surface area contributed by atoms with Crippen LogP contribution in [0, 0.1) is 15.5 Å². The number of carbonyl (C=O) groups is 2. The van der Waals surface area contributed by atoms with Gasteiger partial charge in [-0.15, -0.1) is 0 Å². The molecule has 0 aliphatic rings. The highest BCUT2D eigenvalue weighted by atomic mass is 16.6. The largest absolute Gasteiger partial charge is 0.480 e. The van der Waals surface area contributed by atoms with Crippen molar-refractivity contribution in [3.8, 4) is 0 Å². The third-order valence-corrected chi connectivity index (χ3v) is 3.05. The lowest BCUT2D eigenvalue weighted by Crippen LogP contribution is -2.49. The molecule has 0 spiro atoms. The van der Waals surface area contributed by atoms with Crippen molar-refractivity contribution in [2.24, 2.45) is 5.41 Å². The minimum absolute atomic E-state index is 0.0692. The van der Waals surface area contributed by atoms with Crippen LogP contribution in [0.25, 0.3) is 0 Å². The highest BCUT2D eigenvalue weighted by Gasteiger charge is 2.33. The molecular formula is C13H19N3O5. The van der Waals surface area contributed by atoms with Gasteiger partial charge in [0.05, 0.1) is 11.1 Å². The van der Waals surface area contributed by atoms with Crippen LogP contribution in [0.3, 0.4) is 0 Å². The van der Waals surface area contributed by atoms with E-state index >= 15 is 0 Å². The van der Waals surface area contributed by atoms with Crippen LogP contribution in [-0.2, 0) is 11.3 Å². The van der Waals surface area contributed by atoms with E-state index in [0.717, 1.165) is 6.07 Å². The molecule has 21 heavy (non-hydrogen) atoms. The van der Waals surface area contributed by atoms with E-state index in [4.69, 9.17) is 0 Å². The number of amides is 1. The molecule has 0 unspecified atom stereocenters. The van der Waals surface area contributed by atoms with Crippen LogP contribution in [0.5, 0.6) is 0 Å². The number of aromatic nitrogens is 1. The summed E-state index contributed by atoms with van der Waals surface area (Å²) in [6, 6.07) is 0.0460. The summed E-state index contributed by atoms with van der Waals surface area (Å²) in [5, 5.41) is 22.4. The molecule has 1 amide bonds. The molecule has 0 radical (unpaired) electrons. The maximum absolute atomic E-state index is 12.2. The quantitative estimate of drug-likeness (QED) is 0.633. The summed E-state index contributed by atoms with van der Waals surface area (Å²) in [4.78, 5) is 33.6. The molecule has 2 N–H and O–H groups in total. The number of carboxylic acids is 1. The molecule has 8 nitrogen and oxygen atoms in total. The molecule has 8 heteroatoms. The second-order valence-corrected chi connectivity index (χ2v) is 5.74. The van der Waals surface area contributed by atoms with Crippen LogP contribution in [0.1, 0.15) is 38.2 Å². The molecule has 0 aliphatic carbocycles. The summed E-state index contributed by atoms with van der Waals surface area (Å²) in [6.45, 7) is 7.16. The van der Waals surface area contributed by atoms with Crippen molar-refractivity contribution in [1.82, 2.24) is 9.88 Å². The van der Waals surface area contributed by atoms with Gasteiger partial charge in [-0.1, -0.05) is 20.8 Å². The van der Waals surface area contributed by atoms with Gasteiger partial charge in [0, 0.05) is 12.6 Å². The predicted molar refractivity (Wildman–Crippen MR) is 75.1 cm³/mol. The Kier molecular flexibility index (Phi) is 4.72. The summed E-state index contributed by atoms with van der Waals surface area (Å²) >= 11 is 0. The van der Waals surface area contributed by atoms with Crippen LogP contribution in [0.4, 0.5) is 5.69 Å². The van der Waals surface area contributed by atoms with Crippen LogP contribution in [0.15, 0.2) is 12.3 Å². The van der Waals surface area contributed by atoms with Gasteiger partial charge in [-0.2, -0.15) is 0 Å². The fraction of sp³-hybridized carbons (Fsp3) is 0.538. The zero-order chi connectivity index (χ0) is 16.4. The smallest absolute Gasteiger partial charge is 0.326 e. The van der Waals surface area contributed by atoms with Crippen molar-refractivity contribution >= 4 is 17.6 Å². The number of carboxylic acid groups (broad SMARTS) is 1. The van der Waals surface area contributed by atoms with E-state index in [1.165, 1.54) is 10.8 Å². The second-order valence-electron chi connectivity index (χ2n) is 5.74. The van der Waals surface area contributed by atoms with E-state index in [-0.39, 0.29) is 11.4 Å². The molecule has 0 saturated heterocycles. The summed E-state index contributed by atoms with van der Waals surface area (Å²) in [7, 11) is 0. The Morgan fingerprint density at radius 1 is 1.48 bits per heavy atom. The first kappa shape index (κ1) is 16.7. The average Bonchev–Trinajstić information content (AvgIpc) is 2.78. The standard InChI is InChI=1S/C13H19N3O5/c1-5-15-7-8(16(20)21)6-9(15)11(17)14-10(12(18)19)13(2,3)4/h6-7,10H,5H2,1-4H3,(H,14,17)(H,18,19)/t10-/m1/s1. The Bertz CT molecular complexity index is 571. The Morgan fingerprint density at radius 2 is 2.05 bits per heavy atom. The highest BCUT2D eigenvalue weighted by Crippen LogP contribution is 2.21. The van der Waals surface area contributed by atoms with Crippen molar-refractivity contribution in [2.45, 2.75) is 40.3 Å². The predicted octanol–water partition coefficient (Wildman–Crippen LogP) is 1.65. The highest BCUT2D eigenvalue weighted by molar-refractivity contribution is 5.96. The molecule has 116 valence electrons. The molecular weight excluding hydrogens is 278 g/mol. The monoisotopic (exact) mass is 297 g/mol. The lowest BCUT2D eigenvalue weighted by atomic mass is 9.86. The van der Waals surface area contributed by atoms with Crippen molar-refractivity contribution in [3.05, 3.63) is 28.1 Å². The number of hydrogen-bond acceptors (Lipinski definition) is 4. The molecule has 1 heterocycles. The number of hydrogen-bond donors (Lipinski definition) is 2. The molecule has 1 aromatic rings. The maximum atomic E-state index is 12.2. The van der Waals surface area contributed by atoms with Crippen LogP contribution >= 0.6 is 0 Å². The lowest BCUT2D eigenvalue weighted by Gasteiger charge is -2.27. The normalized spacial score (nSPS) is 12.8. The van der Waals surface area contributed by atoms with Crippen LogP contribution in [-0.4, -0.2) is 32.5 Å². The van der Waals surface area contributed by atoms with E-state index in [0.29, 0.717) is 6.54 Å². The molecule has 0 fully saturated rings. The maximum Gasteiger partial charge on any atom is 0.326 e. The topological polar surface area (TPSA) is 114 Å². The Labute approximate surface area is 121 Å². The zero-order valence-electron chi connectivity index (χ0n) is 12.4. The van der Waals surface area contributed by atoms with Gasteiger partial charge in [-0.05, 0) is 12.3 Å². The van der Waals surface area contributed by atoms with Gasteiger partial charge in [-0.25, -0.2) is 4.79 Å². The van der Waals surface area contributed by atoms with Gasteiger partial charge in [0.15, 0.2) is 0 Å². The van der Waals surface area contributed by atoms with Gasteiger partial charge in [0.25, 0.3) is 11.6 Å². The molecule has 1 rings (SSSR count). The first-order valence-corrected chi connectivity index (χ1v) is 6.46. The molecule has 0 aliphatic heterocycles. The second kappa shape index (κ2) is 5.94. The van der Waals surface area contributed by atoms with Gasteiger partial charge < -0.3 is 15.0 Å². The Hall–Kier alpha value is -2.38. The number of aryl methyl sites for hydroxylation is 1. The molecule has 1 atom stereocenters. The minimum atomic E-state index is -1.15. The summed E-state index contributed by atoms with van der Waals surface area (Å²) in [5.41, 5.74) is -0.818. The van der Waals surface area contributed by atoms with E-state index in [1.807, 2.05) is 0 Å². The van der Waals surface area contributed by atoms with Crippen LogP contribution in [0.2, 0.25) is 0 Å². The zero-order valence-corrected chi connectivity index (χ0v) is 12.4. The summed E-state index contributed by atoms with van der Waals surface area (Å²) in [5.74, 6) is -1.80. The van der Waals surface area contributed by atoms with Gasteiger partial charge >= 0.3 is 5.97 Å². The number of nitro groups is 1. The SMILES string of the molecule is CCn1cc([N+](=O)[O-])cc1C(=O)N[C@H](C(=O)O)C(C)(C)C. The van der Waals surface area contributed by atoms with Crippen molar-refractivity contribution in [1.29, 1.82) is 0 Å². The summed E-state index contributed by atoms with van der Waals surface area (Å²) < 4.78 is 1.41. The van der Waals surface area contributed by atoms with Gasteiger partial charge in [0.2, 0.25) is 0 Å². The van der Waals surface area contributed by atoms with Crippen molar-refractivity contribution in [2.75, 3.05) is 0 Å². The van der Waals surface area contributed by atoms with Crippen molar-refractivity contribution in [3.63, 3.8) is 0 Å². The van der Waals surface area contributed by atoms with E-state index in [9.17, 15) is 24.8 Å². The van der Waals surface area contributed by atoms with Crippen molar-refractivity contribution < 1.29 is 19.6 Å². The van der Waals surface area contributed by atoms with E-state index in [1.54, 1.807) is 27.7 Å². The van der Waals surface area contributed by atoms with E-state index < -0.39 is 28.3 Å². The third kappa shape index (κ3) is 3.80. The number of nitrogens with one attached hydrogen (secondary N) is 1. The first-order valence-electron chi connectivity index (χ1n) is 6.46. The minimum Gasteiger partial charge on any atom is -0.480 e. The van der Waals surface area contributed by atoms with E-state index in [2.05, 4.69) is 5.32 Å². The lowest BCUT2D eigenvalue weighted by molar-refractivity contribution is -0.384. The average molecular weight is 297 g/mol. The molecule has 0 aromatic carbocycles. The number of rotatable bonds is 5. The molecule has 0 bridgehead atoms. The molecule has 0 saturated carbocycles. The third-order valence-electron chi connectivity index (χ3n) is 3.05. The number of carbonyl (C=O) groups excluding carboxylic acids is 1. The van der Waals surface area contributed by atoms with Gasteiger partial charge in [-0.3, -0.25) is 14.9 Å². The van der Waals surface area contributed by atoms with Gasteiger partial charge in [0.1, 0.15) is 11.7 Å². The fourth-order valence-corrected chi connectivity index (χ4v) is 1.90. The Morgan fingerprint density at radius 3 is 2.43 bits per heavy atom. The fourth-order valence-electron chi connectivity index (χ4n) is 1.90. The van der Waals surface area contributed by atoms with Crippen LogP contribution < -0.4 is 5.32 Å².